The van der Waals surface area contributed by atoms with E-state index in [1.54, 1.807) is 36.4 Å². The van der Waals surface area contributed by atoms with Crippen molar-refractivity contribution in [2.45, 2.75) is 0 Å². The van der Waals surface area contributed by atoms with Crippen LogP contribution in [0.3, 0.4) is 0 Å². The Morgan fingerprint density at radius 3 is 2.52 bits per heavy atom. The van der Waals surface area contributed by atoms with Gasteiger partial charge in [0.2, 0.25) is 0 Å². The van der Waals surface area contributed by atoms with Crippen molar-refractivity contribution in [3.63, 3.8) is 0 Å². The molecular weight excluding hydrogens is 409 g/mol. The van der Waals surface area contributed by atoms with E-state index in [1.165, 1.54) is 0 Å². The Morgan fingerprint density at radius 2 is 1.62 bits per heavy atom. The molecule has 0 saturated carbocycles. The van der Waals surface area contributed by atoms with Gasteiger partial charge in [-0.1, -0.05) is 47.5 Å². The molecule has 2 aromatic heterocycles. The van der Waals surface area contributed by atoms with Gasteiger partial charge < -0.3 is 14.2 Å². The van der Waals surface area contributed by atoms with Gasteiger partial charge in [-0.2, -0.15) is 0 Å². The molecule has 5 rings (SSSR count). The van der Waals surface area contributed by atoms with E-state index in [2.05, 4.69) is 5.32 Å². The van der Waals surface area contributed by atoms with Crippen LogP contribution in [0.1, 0.15) is 10.6 Å². The molecule has 0 aliphatic rings. The molecule has 0 aliphatic heterocycles. The first kappa shape index (κ1) is 17.9. The number of para-hydroxylation sites is 1. The Hall–Kier alpha value is -3.21. The number of fused-ring (bicyclic) bond motifs is 3. The van der Waals surface area contributed by atoms with Gasteiger partial charge in [-0.3, -0.25) is 4.79 Å². The number of carbonyl (C=O) groups is 1. The summed E-state index contributed by atoms with van der Waals surface area (Å²) in [6.45, 7) is 0. The van der Waals surface area contributed by atoms with Gasteiger partial charge in [-0.15, -0.1) is 0 Å². The average molecular weight is 422 g/mol. The largest absolute Gasteiger partial charge is 0.456 e. The second-order valence-corrected chi connectivity index (χ2v) is 7.31. The molecule has 1 N–H and O–H groups in total. The van der Waals surface area contributed by atoms with Gasteiger partial charge in [0.05, 0.1) is 10.0 Å². The fourth-order valence-electron chi connectivity index (χ4n) is 3.30. The first-order chi connectivity index (χ1) is 14.1. The van der Waals surface area contributed by atoms with E-state index in [4.69, 9.17) is 32.0 Å². The second kappa shape index (κ2) is 6.99. The molecule has 0 unspecified atom stereocenters. The number of hydrogen-bond donors (Lipinski definition) is 1. The van der Waals surface area contributed by atoms with E-state index in [9.17, 15) is 4.79 Å². The predicted molar refractivity (Wildman–Crippen MR) is 116 cm³/mol. The topological polar surface area (TPSA) is 55.4 Å². The molecule has 0 atom stereocenters. The Kier molecular flexibility index (Phi) is 4.31. The van der Waals surface area contributed by atoms with Crippen molar-refractivity contribution in [1.82, 2.24) is 0 Å². The summed E-state index contributed by atoms with van der Waals surface area (Å²) in [6, 6.07) is 21.9. The molecule has 6 heteroatoms. The third-order valence-corrected chi connectivity index (χ3v) is 5.50. The van der Waals surface area contributed by atoms with E-state index in [1.807, 2.05) is 36.4 Å². The maximum atomic E-state index is 12.6. The van der Waals surface area contributed by atoms with E-state index >= 15 is 0 Å². The van der Waals surface area contributed by atoms with Crippen LogP contribution in [0, 0.1) is 0 Å². The number of benzene rings is 3. The van der Waals surface area contributed by atoms with E-state index in [0.717, 1.165) is 16.4 Å². The summed E-state index contributed by atoms with van der Waals surface area (Å²) < 4.78 is 11.6. The summed E-state index contributed by atoms with van der Waals surface area (Å²) in [6.07, 6.45) is 0. The normalized spacial score (nSPS) is 11.2. The van der Waals surface area contributed by atoms with Gasteiger partial charge in [-0.05, 0) is 42.5 Å². The zero-order chi connectivity index (χ0) is 20.0. The molecule has 4 nitrogen and oxygen atoms in total. The van der Waals surface area contributed by atoms with E-state index in [-0.39, 0.29) is 11.7 Å². The summed E-state index contributed by atoms with van der Waals surface area (Å²) in [4.78, 5) is 12.6. The van der Waals surface area contributed by atoms with Crippen LogP contribution in [0.25, 0.3) is 33.3 Å². The minimum atomic E-state index is -0.370. The van der Waals surface area contributed by atoms with Gasteiger partial charge in [-0.25, -0.2) is 0 Å². The molecule has 0 saturated heterocycles. The van der Waals surface area contributed by atoms with Crippen molar-refractivity contribution in [1.29, 1.82) is 0 Å². The number of furan rings is 2. The molecule has 0 radical (unpaired) electrons. The lowest BCUT2D eigenvalue weighted by molar-refractivity contribution is 0.0997. The van der Waals surface area contributed by atoms with Gasteiger partial charge in [0.1, 0.15) is 16.9 Å². The first-order valence-corrected chi connectivity index (χ1v) is 9.62. The molecular formula is C23H13Cl2NO3. The molecule has 29 heavy (non-hydrogen) atoms. The monoisotopic (exact) mass is 421 g/mol. The summed E-state index contributed by atoms with van der Waals surface area (Å²) in [5, 5.41) is 5.67. The van der Waals surface area contributed by atoms with E-state index in [0.29, 0.717) is 32.6 Å². The van der Waals surface area contributed by atoms with Gasteiger partial charge in [0, 0.05) is 28.1 Å². The van der Waals surface area contributed by atoms with Crippen molar-refractivity contribution < 1.29 is 13.6 Å². The van der Waals surface area contributed by atoms with Crippen molar-refractivity contribution in [2.75, 3.05) is 5.32 Å². The summed E-state index contributed by atoms with van der Waals surface area (Å²) >= 11 is 12.3. The van der Waals surface area contributed by atoms with Crippen LogP contribution in [-0.2, 0) is 0 Å². The second-order valence-electron chi connectivity index (χ2n) is 6.53. The van der Waals surface area contributed by atoms with Crippen LogP contribution >= 0.6 is 23.2 Å². The van der Waals surface area contributed by atoms with Crippen LogP contribution in [0.2, 0.25) is 10.0 Å². The molecule has 0 bridgehead atoms. The predicted octanol–water partition coefficient (Wildman–Crippen LogP) is 7.41. The van der Waals surface area contributed by atoms with Crippen LogP contribution in [0.15, 0.2) is 81.6 Å². The van der Waals surface area contributed by atoms with Crippen LogP contribution < -0.4 is 5.32 Å². The lowest BCUT2D eigenvalue weighted by Crippen LogP contribution is -2.10. The Bertz CT molecular complexity index is 1380. The van der Waals surface area contributed by atoms with Crippen molar-refractivity contribution >= 4 is 56.7 Å². The lowest BCUT2D eigenvalue weighted by Gasteiger charge is -2.04. The molecule has 5 aromatic rings. The van der Waals surface area contributed by atoms with Crippen LogP contribution in [0.5, 0.6) is 0 Å². The highest BCUT2D eigenvalue weighted by atomic mass is 35.5. The van der Waals surface area contributed by atoms with E-state index < -0.39 is 0 Å². The number of rotatable bonds is 3. The molecule has 142 valence electrons. The van der Waals surface area contributed by atoms with Crippen molar-refractivity contribution in [3.8, 4) is 11.3 Å². The Morgan fingerprint density at radius 1 is 0.793 bits per heavy atom. The number of amides is 1. The fraction of sp³-hybridized carbons (Fsp3) is 0. The molecule has 0 spiro atoms. The third kappa shape index (κ3) is 3.16. The summed E-state index contributed by atoms with van der Waals surface area (Å²) in [5.74, 6) is 0.265. The van der Waals surface area contributed by atoms with Gasteiger partial charge >= 0.3 is 0 Å². The SMILES string of the molecule is O=C(Nc1ccc2c(c1)oc1ccccc12)c1ccc(-c2cccc(Cl)c2Cl)o1. The highest BCUT2D eigenvalue weighted by Gasteiger charge is 2.16. The van der Waals surface area contributed by atoms with Crippen molar-refractivity contribution in [3.05, 3.63) is 88.6 Å². The summed E-state index contributed by atoms with van der Waals surface area (Å²) in [7, 11) is 0. The summed E-state index contributed by atoms with van der Waals surface area (Å²) in [5.41, 5.74) is 2.75. The van der Waals surface area contributed by atoms with Gasteiger partial charge in [0.15, 0.2) is 5.76 Å². The lowest BCUT2D eigenvalue weighted by atomic mass is 10.1. The van der Waals surface area contributed by atoms with Crippen LogP contribution in [0.4, 0.5) is 5.69 Å². The molecule has 0 aliphatic carbocycles. The van der Waals surface area contributed by atoms with Crippen LogP contribution in [-0.4, -0.2) is 5.91 Å². The molecule has 3 aromatic carbocycles. The smallest absolute Gasteiger partial charge is 0.291 e. The minimum Gasteiger partial charge on any atom is -0.456 e. The third-order valence-electron chi connectivity index (χ3n) is 4.68. The number of nitrogens with one attached hydrogen (secondary N) is 1. The zero-order valence-electron chi connectivity index (χ0n) is 14.9. The zero-order valence-corrected chi connectivity index (χ0v) is 16.4. The minimum absolute atomic E-state index is 0.167. The maximum Gasteiger partial charge on any atom is 0.291 e. The Labute approximate surface area is 175 Å². The Balaban J connectivity index is 1.42. The first-order valence-electron chi connectivity index (χ1n) is 8.87. The van der Waals surface area contributed by atoms with Crippen molar-refractivity contribution in [2.24, 2.45) is 0 Å². The number of hydrogen-bond acceptors (Lipinski definition) is 3. The quantitative estimate of drug-likeness (QED) is 0.330. The number of halogens is 2. The highest BCUT2D eigenvalue weighted by molar-refractivity contribution is 6.43. The number of carbonyl (C=O) groups excluding carboxylic acids is 1. The fourth-order valence-corrected chi connectivity index (χ4v) is 3.69. The maximum absolute atomic E-state index is 12.6. The molecule has 1 amide bonds. The van der Waals surface area contributed by atoms with Gasteiger partial charge in [0.25, 0.3) is 5.91 Å². The standard InChI is InChI=1S/C23H13Cl2NO3/c24-17-6-3-5-16(22(17)25)19-10-11-20(28-19)23(27)26-13-8-9-15-14-4-1-2-7-18(14)29-21(15)12-13/h1-12H,(H,26,27). The highest BCUT2D eigenvalue weighted by Crippen LogP contribution is 2.35. The average Bonchev–Trinajstić information content (AvgIpc) is 3.34. The molecule has 2 heterocycles. The molecule has 0 fully saturated rings. The number of anilines is 1.